The fraction of sp³-hybridized carbons (Fsp3) is 0.571. The Morgan fingerprint density at radius 2 is 2.31 bits per heavy atom. The van der Waals surface area contributed by atoms with Crippen LogP contribution in [0.5, 0.6) is 0 Å². The minimum Gasteiger partial charge on any atom is -0.284 e. The second-order valence-electron chi connectivity index (χ2n) is 2.62. The Bertz CT molecular complexity index is 316. The fourth-order valence-electron chi connectivity index (χ4n) is 0.868. The summed E-state index contributed by atoms with van der Waals surface area (Å²) < 4.78 is 26.3. The highest BCUT2D eigenvalue weighted by Gasteiger charge is 2.36. The van der Waals surface area contributed by atoms with E-state index in [2.05, 4.69) is 10.1 Å². The van der Waals surface area contributed by atoms with Crippen LogP contribution in [0.2, 0.25) is 0 Å². The highest BCUT2D eigenvalue weighted by molar-refractivity contribution is 5.97. The molecule has 1 aromatic rings. The predicted molar refractivity (Wildman–Crippen MR) is 40.6 cm³/mol. The van der Waals surface area contributed by atoms with Gasteiger partial charge in [0.05, 0.1) is 0 Å². The van der Waals surface area contributed by atoms with Crippen LogP contribution in [-0.4, -0.2) is 26.5 Å². The Balaban J connectivity index is 3.02. The number of nitrogens with zero attached hydrogens (tertiary/aromatic N) is 3. The van der Waals surface area contributed by atoms with Crippen molar-refractivity contribution in [2.75, 3.05) is 0 Å². The molecule has 0 aliphatic carbocycles. The van der Waals surface area contributed by atoms with Crippen LogP contribution in [0.1, 0.15) is 24.5 Å². The van der Waals surface area contributed by atoms with Gasteiger partial charge in [0.2, 0.25) is 5.82 Å². The third-order valence-corrected chi connectivity index (χ3v) is 1.52. The van der Waals surface area contributed by atoms with E-state index < -0.39 is 11.7 Å². The summed E-state index contributed by atoms with van der Waals surface area (Å²) in [6.07, 6.45) is 1.09. The zero-order chi connectivity index (χ0) is 10.1. The molecule has 0 unspecified atom stereocenters. The van der Waals surface area contributed by atoms with Gasteiger partial charge in [-0.25, -0.2) is 9.67 Å². The smallest absolute Gasteiger partial charge is 0.284 e. The number of hydrogen-bond donors (Lipinski definition) is 0. The zero-order valence-corrected chi connectivity index (χ0v) is 7.29. The highest BCUT2D eigenvalue weighted by Crippen LogP contribution is 2.17. The Hall–Kier alpha value is -1.33. The summed E-state index contributed by atoms with van der Waals surface area (Å²) in [4.78, 5) is 14.5. The van der Waals surface area contributed by atoms with E-state index in [1.165, 1.54) is 0 Å². The van der Waals surface area contributed by atoms with Gasteiger partial charge in [-0.1, -0.05) is 0 Å². The molecule has 0 spiro atoms. The number of alkyl halides is 2. The monoisotopic (exact) mass is 189 g/mol. The zero-order valence-electron chi connectivity index (χ0n) is 7.29. The van der Waals surface area contributed by atoms with Gasteiger partial charge in [-0.2, -0.15) is 13.9 Å². The van der Waals surface area contributed by atoms with Crippen LogP contribution in [0, 0.1) is 0 Å². The van der Waals surface area contributed by atoms with Gasteiger partial charge in [0, 0.05) is 13.5 Å². The molecule has 0 saturated carbocycles. The lowest BCUT2D eigenvalue weighted by Gasteiger charge is -2.07. The second-order valence-corrected chi connectivity index (χ2v) is 2.62. The summed E-state index contributed by atoms with van der Waals surface area (Å²) in [5, 5.41) is 3.62. The third-order valence-electron chi connectivity index (χ3n) is 1.52. The molecule has 1 rings (SSSR count). The van der Waals surface area contributed by atoms with E-state index in [1.807, 2.05) is 0 Å². The first-order valence-electron chi connectivity index (χ1n) is 3.77. The summed E-state index contributed by atoms with van der Waals surface area (Å²) in [5.41, 5.74) is 0. The molecule has 0 aliphatic heterocycles. The van der Waals surface area contributed by atoms with Crippen molar-refractivity contribution in [2.24, 2.45) is 0 Å². The van der Waals surface area contributed by atoms with Crippen LogP contribution in [0.3, 0.4) is 0 Å². The lowest BCUT2D eigenvalue weighted by Crippen LogP contribution is -2.27. The third kappa shape index (κ3) is 1.88. The SMILES string of the molecule is CCn1ncnc1C(=O)C(C)(F)F. The second kappa shape index (κ2) is 3.20. The Kier molecular flexibility index (Phi) is 2.40. The molecule has 0 amide bonds. The van der Waals surface area contributed by atoms with Crippen LogP contribution >= 0.6 is 0 Å². The van der Waals surface area contributed by atoms with Crippen molar-refractivity contribution in [1.82, 2.24) is 14.8 Å². The van der Waals surface area contributed by atoms with Crippen LogP contribution in [0.4, 0.5) is 8.78 Å². The van der Waals surface area contributed by atoms with Gasteiger partial charge in [0.25, 0.3) is 5.78 Å². The lowest BCUT2D eigenvalue weighted by molar-refractivity contribution is 0.0205. The summed E-state index contributed by atoms with van der Waals surface area (Å²) in [6.45, 7) is 2.58. The van der Waals surface area contributed by atoms with Gasteiger partial charge in [-0.15, -0.1) is 0 Å². The molecule has 1 aromatic heterocycles. The maximum Gasteiger partial charge on any atom is 0.310 e. The molecule has 0 atom stereocenters. The van der Waals surface area contributed by atoms with Crippen LogP contribution in [-0.2, 0) is 6.54 Å². The molecule has 72 valence electrons. The van der Waals surface area contributed by atoms with Gasteiger partial charge < -0.3 is 0 Å². The van der Waals surface area contributed by atoms with E-state index in [1.54, 1.807) is 6.92 Å². The molecule has 0 fully saturated rings. The number of aryl methyl sites for hydroxylation is 1. The normalized spacial score (nSPS) is 11.7. The first-order valence-corrected chi connectivity index (χ1v) is 3.77. The summed E-state index contributed by atoms with van der Waals surface area (Å²) in [5.74, 6) is -4.98. The van der Waals surface area contributed by atoms with E-state index in [-0.39, 0.29) is 5.82 Å². The number of carbonyl (C=O) groups excluding carboxylic acids is 1. The average Bonchev–Trinajstić information content (AvgIpc) is 2.48. The minimum atomic E-state index is -3.39. The molecule has 0 radical (unpaired) electrons. The average molecular weight is 189 g/mol. The molecular weight excluding hydrogens is 180 g/mol. The molecule has 0 N–H and O–H groups in total. The van der Waals surface area contributed by atoms with Gasteiger partial charge in [-0.05, 0) is 6.92 Å². The number of Topliss-reactive ketones (excluding diaryl/α,β-unsaturated/α-hetero) is 1. The van der Waals surface area contributed by atoms with Crippen molar-refractivity contribution in [1.29, 1.82) is 0 Å². The van der Waals surface area contributed by atoms with Gasteiger partial charge in [0.1, 0.15) is 6.33 Å². The van der Waals surface area contributed by atoms with E-state index in [0.29, 0.717) is 13.5 Å². The van der Waals surface area contributed by atoms with E-state index in [0.717, 1.165) is 11.0 Å². The van der Waals surface area contributed by atoms with Gasteiger partial charge >= 0.3 is 5.92 Å². The molecule has 0 saturated heterocycles. The molecule has 13 heavy (non-hydrogen) atoms. The number of ketones is 1. The standard InChI is InChI=1S/C7H9F2N3O/c1-3-12-6(10-4-11-12)5(13)7(2,8)9/h4H,3H2,1-2H3. The molecule has 4 nitrogen and oxygen atoms in total. The fourth-order valence-corrected chi connectivity index (χ4v) is 0.868. The Morgan fingerprint density at radius 3 is 2.77 bits per heavy atom. The van der Waals surface area contributed by atoms with Crippen molar-refractivity contribution in [2.45, 2.75) is 26.3 Å². The molecular formula is C7H9F2N3O. The molecule has 0 bridgehead atoms. The molecule has 1 heterocycles. The van der Waals surface area contributed by atoms with E-state index in [4.69, 9.17) is 0 Å². The van der Waals surface area contributed by atoms with Crippen molar-refractivity contribution in [3.63, 3.8) is 0 Å². The predicted octanol–water partition coefficient (Wildman–Crippen LogP) is 1.14. The first-order chi connectivity index (χ1) is 5.96. The molecule has 6 heteroatoms. The van der Waals surface area contributed by atoms with E-state index >= 15 is 0 Å². The summed E-state index contributed by atoms with van der Waals surface area (Å²) in [6, 6.07) is 0. The largest absolute Gasteiger partial charge is 0.310 e. The number of aromatic nitrogens is 3. The van der Waals surface area contributed by atoms with Gasteiger partial charge in [-0.3, -0.25) is 4.79 Å². The van der Waals surface area contributed by atoms with Crippen LogP contribution in [0.25, 0.3) is 0 Å². The highest BCUT2D eigenvalue weighted by atomic mass is 19.3. The number of hydrogen-bond acceptors (Lipinski definition) is 3. The van der Waals surface area contributed by atoms with Crippen molar-refractivity contribution in [3.05, 3.63) is 12.2 Å². The van der Waals surface area contributed by atoms with E-state index in [9.17, 15) is 13.6 Å². The summed E-state index contributed by atoms with van der Waals surface area (Å²) in [7, 11) is 0. The Labute approximate surface area is 73.6 Å². The maximum absolute atomic E-state index is 12.6. The molecule has 0 aromatic carbocycles. The summed E-state index contributed by atoms with van der Waals surface area (Å²) >= 11 is 0. The topological polar surface area (TPSA) is 47.8 Å². The first kappa shape index (κ1) is 9.76. The number of carbonyl (C=O) groups is 1. The van der Waals surface area contributed by atoms with Crippen molar-refractivity contribution >= 4 is 5.78 Å². The van der Waals surface area contributed by atoms with Crippen LogP contribution < -0.4 is 0 Å². The number of rotatable bonds is 3. The van der Waals surface area contributed by atoms with Gasteiger partial charge in [0.15, 0.2) is 0 Å². The van der Waals surface area contributed by atoms with Crippen molar-refractivity contribution < 1.29 is 13.6 Å². The number of halogens is 2. The quantitative estimate of drug-likeness (QED) is 0.670. The maximum atomic E-state index is 12.6. The van der Waals surface area contributed by atoms with Crippen molar-refractivity contribution in [3.8, 4) is 0 Å². The lowest BCUT2D eigenvalue weighted by atomic mass is 10.2. The Morgan fingerprint density at radius 1 is 1.69 bits per heavy atom. The molecule has 0 aliphatic rings. The van der Waals surface area contributed by atoms with Crippen LogP contribution in [0.15, 0.2) is 6.33 Å². The minimum absolute atomic E-state index is 0.296.